The van der Waals surface area contributed by atoms with Gasteiger partial charge in [0.2, 0.25) is 0 Å². The summed E-state index contributed by atoms with van der Waals surface area (Å²) in [6.45, 7) is 0. The van der Waals surface area contributed by atoms with Crippen molar-refractivity contribution in [3.05, 3.63) is 237 Å². The largest absolute Gasteiger partial charge is 0.309 e. The summed E-state index contributed by atoms with van der Waals surface area (Å²) in [6, 6.07) is 84.9. The molecule has 0 N–H and O–H groups in total. The van der Waals surface area contributed by atoms with Gasteiger partial charge >= 0.3 is 0 Å². The molecule has 14 aromatic rings. The number of hydrogen-bond donors (Lipinski definition) is 0. The molecule has 0 radical (unpaired) electrons. The smallest absolute Gasteiger partial charge is 0.164 e. The van der Waals surface area contributed by atoms with E-state index in [1.54, 1.807) is 0 Å². The van der Waals surface area contributed by atoms with E-state index in [0.29, 0.717) is 17.5 Å². The average molecular weight is 866 g/mol. The van der Waals surface area contributed by atoms with Crippen LogP contribution in [-0.2, 0) is 0 Å². The first kappa shape index (κ1) is 38.1. The third kappa shape index (κ3) is 6.06. The normalized spacial score (nSPS) is 11.8. The van der Waals surface area contributed by atoms with Gasteiger partial charge in [0, 0.05) is 49.6 Å². The number of hydrogen-bond acceptors (Lipinski definition) is 3. The van der Waals surface area contributed by atoms with Crippen molar-refractivity contribution in [1.29, 1.82) is 0 Å². The molecule has 3 aromatic heterocycles. The van der Waals surface area contributed by atoms with Gasteiger partial charge in [-0.05, 0) is 98.0 Å². The van der Waals surface area contributed by atoms with E-state index < -0.39 is 0 Å². The van der Waals surface area contributed by atoms with E-state index in [-0.39, 0.29) is 0 Å². The zero-order valence-electron chi connectivity index (χ0n) is 36.8. The Kier molecular flexibility index (Phi) is 8.52. The maximum atomic E-state index is 5.12. The van der Waals surface area contributed by atoms with Crippen molar-refractivity contribution in [2.75, 3.05) is 0 Å². The van der Waals surface area contributed by atoms with Crippen LogP contribution in [0.25, 0.3) is 133 Å². The molecule has 0 bridgehead atoms. The molecule has 0 spiro atoms. The Hall–Kier alpha value is -9.19. The van der Waals surface area contributed by atoms with E-state index in [0.717, 1.165) is 55.4 Å². The first-order chi connectivity index (χ1) is 33.7. The van der Waals surface area contributed by atoms with Gasteiger partial charge in [-0.3, -0.25) is 0 Å². The second-order valence-electron chi connectivity index (χ2n) is 17.6. The van der Waals surface area contributed by atoms with E-state index in [2.05, 4.69) is 209 Å². The zero-order chi connectivity index (χ0) is 44.7. The zero-order valence-corrected chi connectivity index (χ0v) is 36.8. The fourth-order valence-corrected chi connectivity index (χ4v) is 10.5. The molecule has 11 aromatic carbocycles. The van der Waals surface area contributed by atoms with Crippen LogP contribution in [0.5, 0.6) is 0 Å². The van der Waals surface area contributed by atoms with Gasteiger partial charge in [-0.15, -0.1) is 0 Å². The number of aromatic nitrogens is 5. The van der Waals surface area contributed by atoms with Crippen LogP contribution in [0.1, 0.15) is 0 Å². The minimum absolute atomic E-state index is 0.637. The van der Waals surface area contributed by atoms with Crippen molar-refractivity contribution in [3.63, 3.8) is 0 Å². The molecule has 0 saturated carbocycles. The summed E-state index contributed by atoms with van der Waals surface area (Å²) in [4.78, 5) is 15.2. The van der Waals surface area contributed by atoms with Crippen molar-refractivity contribution < 1.29 is 0 Å². The van der Waals surface area contributed by atoms with E-state index in [1.165, 1.54) is 59.7 Å². The van der Waals surface area contributed by atoms with Crippen molar-refractivity contribution in [3.8, 4) is 56.7 Å². The fourth-order valence-electron chi connectivity index (χ4n) is 10.5. The molecular formula is C63H39N5. The summed E-state index contributed by atoms with van der Waals surface area (Å²) in [5, 5.41) is 12.0. The van der Waals surface area contributed by atoms with Gasteiger partial charge in [0.1, 0.15) is 0 Å². The van der Waals surface area contributed by atoms with Crippen LogP contribution < -0.4 is 0 Å². The molecule has 0 saturated heterocycles. The molecule has 68 heavy (non-hydrogen) atoms. The first-order valence-electron chi connectivity index (χ1n) is 23.1. The molecule has 5 heteroatoms. The Labute approximate surface area is 391 Å². The highest BCUT2D eigenvalue weighted by atomic mass is 15.0. The lowest BCUT2D eigenvalue weighted by Gasteiger charge is -2.13. The highest BCUT2D eigenvalue weighted by molar-refractivity contribution is 6.25. The maximum Gasteiger partial charge on any atom is 0.164 e. The predicted molar refractivity (Wildman–Crippen MR) is 283 cm³/mol. The van der Waals surface area contributed by atoms with Crippen LogP contribution in [0.4, 0.5) is 0 Å². The second kappa shape index (κ2) is 15.2. The molecule has 0 aliphatic rings. The standard InChI is InChI=1S/C63H39N5/c1-4-15-40(16-5-1)46-29-33-56-53(37-46)54-38-55-59(68(48-30-27-41-17-10-11-23-45(41)35-48)57-34-28-42-18-12-13-25-51(42)60(55)57)39-58(54)67(56)49-31-32-50-47(36-49)24-14-26-52(50)63-65-61(43-19-6-2-7-20-43)64-62(66-63)44-21-8-3-9-22-44/h1-39H. The summed E-state index contributed by atoms with van der Waals surface area (Å²) in [6.07, 6.45) is 0. The Balaban J connectivity index is 1.03. The second-order valence-corrected chi connectivity index (χ2v) is 17.6. The number of rotatable bonds is 6. The molecule has 14 rings (SSSR count). The van der Waals surface area contributed by atoms with Gasteiger partial charge in [-0.2, -0.15) is 0 Å². The SMILES string of the molecule is c1ccc(-c2ccc3c(c2)c2cc4c5c6ccccc6ccc5n(-c5ccc6ccccc6c5)c4cc2n3-c2ccc3c(-c4nc(-c5ccccc5)nc(-c5ccccc5)n4)cccc3c2)cc1. The maximum absolute atomic E-state index is 5.12. The van der Waals surface area contributed by atoms with Crippen molar-refractivity contribution in [2.45, 2.75) is 0 Å². The van der Waals surface area contributed by atoms with Crippen molar-refractivity contribution in [2.24, 2.45) is 0 Å². The Morgan fingerprint density at radius 2 is 0.794 bits per heavy atom. The van der Waals surface area contributed by atoms with Crippen LogP contribution >= 0.6 is 0 Å². The van der Waals surface area contributed by atoms with Crippen LogP contribution in [-0.4, -0.2) is 24.1 Å². The topological polar surface area (TPSA) is 48.5 Å². The van der Waals surface area contributed by atoms with Crippen LogP contribution in [0.2, 0.25) is 0 Å². The minimum Gasteiger partial charge on any atom is -0.309 e. The van der Waals surface area contributed by atoms with Crippen molar-refractivity contribution in [1.82, 2.24) is 24.1 Å². The molecule has 0 amide bonds. The Bertz CT molecular complexity index is 4250. The van der Waals surface area contributed by atoms with Gasteiger partial charge in [0.15, 0.2) is 17.5 Å². The highest BCUT2D eigenvalue weighted by Gasteiger charge is 2.22. The van der Waals surface area contributed by atoms with Crippen LogP contribution in [0, 0.1) is 0 Å². The quantitative estimate of drug-likeness (QED) is 0.167. The van der Waals surface area contributed by atoms with Crippen LogP contribution in [0.15, 0.2) is 237 Å². The lowest BCUT2D eigenvalue weighted by Crippen LogP contribution is -2.00. The van der Waals surface area contributed by atoms with E-state index in [4.69, 9.17) is 15.0 Å². The third-order valence-corrected chi connectivity index (χ3v) is 13.7. The van der Waals surface area contributed by atoms with E-state index in [1.807, 2.05) is 36.4 Å². The van der Waals surface area contributed by atoms with Gasteiger partial charge in [-0.25, -0.2) is 15.0 Å². The fraction of sp³-hybridized carbons (Fsp3) is 0. The average Bonchev–Trinajstić information content (AvgIpc) is 3.92. The van der Waals surface area contributed by atoms with Crippen molar-refractivity contribution >= 4 is 75.9 Å². The minimum atomic E-state index is 0.637. The number of nitrogens with zero attached hydrogens (tertiary/aromatic N) is 5. The van der Waals surface area contributed by atoms with Crippen LogP contribution in [0.3, 0.4) is 0 Å². The van der Waals surface area contributed by atoms with E-state index >= 15 is 0 Å². The van der Waals surface area contributed by atoms with Gasteiger partial charge in [0.25, 0.3) is 0 Å². The number of fused-ring (bicyclic) bond motifs is 10. The number of benzene rings is 11. The molecule has 0 unspecified atom stereocenters. The summed E-state index contributed by atoms with van der Waals surface area (Å²) in [7, 11) is 0. The molecule has 0 aliphatic heterocycles. The first-order valence-corrected chi connectivity index (χ1v) is 23.1. The Morgan fingerprint density at radius 3 is 1.54 bits per heavy atom. The predicted octanol–water partition coefficient (Wildman–Crippen LogP) is 16.2. The lowest BCUT2D eigenvalue weighted by atomic mass is 10.0. The monoisotopic (exact) mass is 865 g/mol. The summed E-state index contributed by atoms with van der Waals surface area (Å²) >= 11 is 0. The molecule has 0 atom stereocenters. The van der Waals surface area contributed by atoms with Gasteiger partial charge < -0.3 is 9.13 Å². The molecule has 316 valence electrons. The van der Waals surface area contributed by atoms with E-state index in [9.17, 15) is 0 Å². The molecule has 3 heterocycles. The molecule has 0 fully saturated rings. The molecule has 5 nitrogen and oxygen atoms in total. The highest BCUT2D eigenvalue weighted by Crippen LogP contribution is 2.43. The summed E-state index contributed by atoms with van der Waals surface area (Å²) in [5.41, 5.74) is 12.1. The van der Waals surface area contributed by atoms with Gasteiger partial charge in [-0.1, -0.05) is 182 Å². The third-order valence-electron chi connectivity index (χ3n) is 13.7. The molecule has 0 aliphatic carbocycles. The molecular weight excluding hydrogens is 827 g/mol. The Morgan fingerprint density at radius 1 is 0.250 bits per heavy atom. The van der Waals surface area contributed by atoms with Gasteiger partial charge in [0.05, 0.1) is 22.1 Å². The summed E-state index contributed by atoms with van der Waals surface area (Å²) < 4.78 is 4.92. The summed E-state index contributed by atoms with van der Waals surface area (Å²) in [5.74, 6) is 1.92. The lowest BCUT2D eigenvalue weighted by molar-refractivity contribution is 1.08.